The van der Waals surface area contributed by atoms with Crippen molar-refractivity contribution in [3.8, 4) is 0 Å². The summed E-state index contributed by atoms with van der Waals surface area (Å²) in [5.41, 5.74) is -2.08. The van der Waals surface area contributed by atoms with E-state index in [1.54, 1.807) is 27.7 Å². The number of halogens is 4. The minimum Gasteiger partial charge on any atom is -0.444 e. The Morgan fingerprint density at radius 2 is 1.69 bits per heavy atom. The van der Waals surface area contributed by atoms with Gasteiger partial charge in [0.1, 0.15) is 5.60 Å². The van der Waals surface area contributed by atoms with Gasteiger partial charge in [0.15, 0.2) is 0 Å². The molecule has 35 heavy (non-hydrogen) atoms. The molecule has 1 atom stereocenters. The fourth-order valence-electron chi connectivity index (χ4n) is 3.27. The molecule has 1 unspecified atom stereocenters. The van der Waals surface area contributed by atoms with Gasteiger partial charge in [-0.25, -0.2) is 13.2 Å². The molecule has 0 saturated carbocycles. The predicted molar refractivity (Wildman–Crippen MR) is 126 cm³/mol. The molecule has 6 nitrogen and oxygen atoms in total. The number of hydrogen-bond donors (Lipinski definition) is 2. The van der Waals surface area contributed by atoms with E-state index in [0.29, 0.717) is 30.9 Å². The number of aliphatic hydroxyl groups excluding tert-OH is 1. The number of benzene rings is 2. The van der Waals surface area contributed by atoms with Gasteiger partial charge in [0.2, 0.25) is 9.84 Å². The van der Waals surface area contributed by atoms with Crippen molar-refractivity contribution in [2.75, 3.05) is 6.61 Å². The molecular formula is C24H29ClF3NO5S. The monoisotopic (exact) mass is 535 g/mol. The second-order valence-electron chi connectivity index (χ2n) is 9.48. The zero-order chi connectivity index (χ0) is 26.7. The summed E-state index contributed by atoms with van der Waals surface area (Å²) < 4.78 is 69.9. The van der Waals surface area contributed by atoms with E-state index in [2.05, 4.69) is 5.32 Å². The second kappa shape index (κ2) is 10.8. The summed E-state index contributed by atoms with van der Waals surface area (Å²) >= 11 is 6.28. The third-order valence-electron chi connectivity index (χ3n) is 5.13. The van der Waals surface area contributed by atoms with Gasteiger partial charge < -0.3 is 15.2 Å². The number of rotatable bonds is 8. The molecule has 2 N–H and O–H groups in total. The van der Waals surface area contributed by atoms with E-state index in [1.807, 2.05) is 0 Å². The van der Waals surface area contributed by atoms with Gasteiger partial charge in [0, 0.05) is 5.02 Å². The molecule has 0 aromatic heterocycles. The van der Waals surface area contributed by atoms with Crippen LogP contribution in [0.15, 0.2) is 52.3 Å². The van der Waals surface area contributed by atoms with Crippen molar-refractivity contribution in [3.63, 3.8) is 0 Å². The number of amides is 1. The lowest BCUT2D eigenvalue weighted by molar-refractivity contribution is -0.137. The van der Waals surface area contributed by atoms with Gasteiger partial charge in [-0.05, 0) is 82.9 Å². The Balaban J connectivity index is 2.12. The molecule has 2 aromatic carbocycles. The van der Waals surface area contributed by atoms with Crippen LogP contribution in [0.4, 0.5) is 18.0 Å². The quantitative estimate of drug-likeness (QED) is 0.446. The van der Waals surface area contributed by atoms with Gasteiger partial charge in [-0.15, -0.1) is 0 Å². The fraction of sp³-hybridized carbons (Fsp3) is 0.458. The molecule has 0 heterocycles. The van der Waals surface area contributed by atoms with E-state index in [4.69, 9.17) is 16.3 Å². The second-order valence-corrected chi connectivity index (χ2v) is 11.8. The molecule has 194 valence electrons. The number of carbonyl (C=O) groups excluding carboxylic acids is 1. The molecule has 0 aliphatic heterocycles. The Morgan fingerprint density at radius 3 is 2.23 bits per heavy atom. The van der Waals surface area contributed by atoms with Crippen molar-refractivity contribution in [2.24, 2.45) is 0 Å². The zero-order valence-electron chi connectivity index (χ0n) is 19.9. The van der Waals surface area contributed by atoms with Gasteiger partial charge in [-0.2, -0.15) is 13.2 Å². The Hall–Kier alpha value is -2.30. The van der Waals surface area contributed by atoms with Crippen molar-refractivity contribution in [1.29, 1.82) is 0 Å². The third kappa shape index (κ3) is 8.12. The van der Waals surface area contributed by atoms with E-state index in [9.17, 15) is 31.5 Å². The number of aliphatic hydroxyl groups is 1. The van der Waals surface area contributed by atoms with Gasteiger partial charge in [0.25, 0.3) is 0 Å². The third-order valence-corrected chi connectivity index (χ3v) is 7.23. The van der Waals surface area contributed by atoms with Crippen molar-refractivity contribution < 1.29 is 36.2 Å². The van der Waals surface area contributed by atoms with Crippen LogP contribution < -0.4 is 5.32 Å². The number of ether oxygens (including phenoxy) is 1. The number of sulfone groups is 1. The van der Waals surface area contributed by atoms with Gasteiger partial charge in [0.05, 0.1) is 27.5 Å². The van der Waals surface area contributed by atoms with E-state index >= 15 is 0 Å². The van der Waals surface area contributed by atoms with Crippen molar-refractivity contribution in [1.82, 2.24) is 5.32 Å². The highest BCUT2D eigenvalue weighted by Crippen LogP contribution is 2.33. The van der Waals surface area contributed by atoms with Crippen LogP contribution in [0.2, 0.25) is 5.02 Å². The van der Waals surface area contributed by atoms with Gasteiger partial charge in [-0.3, -0.25) is 0 Å². The zero-order valence-corrected chi connectivity index (χ0v) is 21.4. The summed E-state index contributed by atoms with van der Waals surface area (Å²) in [7, 11) is -4.22. The van der Waals surface area contributed by atoms with Crippen LogP contribution in [0.1, 0.15) is 51.7 Å². The summed E-state index contributed by atoms with van der Waals surface area (Å²) in [5.74, 6) is 0. The summed E-state index contributed by atoms with van der Waals surface area (Å²) in [6.45, 7) is 6.52. The standard InChI is InChI=1S/C24H29ClF3NO5S/c1-22(2,3)34-21(31)29-23(4,15-30)12-6-7-16-10-11-19(14-20(16)25)35(32,33)18-9-5-8-17(13-18)24(26,27)28/h5,8-11,13-14,30H,6-7,12,15H2,1-4H3,(H,29,31). The lowest BCUT2D eigenvalue weighted by Gasteiger charge is -2.30. The molecule has 0 fully saturated rings. The summed E-state index contributed by atoms with van der Waals surface area (Å²) in [6, 6.07) is 7.52. The highest BCUT2D eigenvalue weighted by Gasteiger charge is 2.32. The number of carbonyl (C=O) groups is 1. The largest absolute Gasteiger partial charge is 0.444 e. The summed E-state index contributed by atoms with van der Waals surface area (Å²) in [4.78, 5) is 11.4. The van der Waals surface area contributed by atoms with E-state index in [1.165, 1.54) is 18.2 Å². The normalized spacial score (nSPS) is 14.3. The molecule has 0 radical (unpaired) electrons. The minimum atomic E-state index is -4.67. The van der Waals surface area contributed by atoms with Crippen molar-refractivity contribution in [2.45, 2.75) is 74.1 Å². The van der Waals surface area contributed by atoms with E-state index in [0.717, 1.165) is 18.2 Å². The molecule has 0 aliphatic rings. The number of hydrogen-bond acceptors (Lipinski definition) is 5. The smallest absolute Gasteiger partial charge is 0.416 e. The first-order valence-corrected chi connectivity index (χ1v) is 12.7. The summed E-state index contributed by atoms with van der Waals surface area (Å²) in [5, 5.41) is 12.6. The first-order valence-electron chi connectivity index (χ1n) is 10.8. The van der Waals surface area contributed by atoms with Crippen LogP contribution in [0, 0.1) is 0 Å². The fourth-order valence-corrected chi connectivity index (χ4v) is 4.95. The van der Waals surface area contributed by atoms with Crippen LogP contribution in [0.5, 0.6) is 0 Å². The van der Waals surface area contributed by atoms with Crippen molar-refractivity contribution >= 4 is 27.5 Å². The van der Waals surface area contributed by atoms with Crippen LogP contribution >= 0.6 is 11.6 Å². The lowest BCUT2D eigenvalue weighted by atomic mass is 9.94. The van der Waals surface area contributed by atoms with Crippen molar-refractivity contribution in [3.05, 3.63) is 58.6 Å². The van der Waals surface area contributed by atoms with Crippen LogP contribution in [-0.4, -0.2) is 37.4 Å². The first kappa shape index (κ1) is 28.9. The maximum absolute atomic E-state index is 13.0. The molecule has 0 bridgehead atoms. The predicted octanol–water partition coefficient (Wildman–Crippen LogP) is 5.79. The number of aryl methyl sites for hydroxylation is 1. The number of nitrogens with one attached hydrogen (secondary N) is 1. The molecule has 11 heteroatoms. The molecule has 0 saturated heterocycles. The molecule has 2 rings (SSSR count). The van der Waals surface area contributed by atoms with Crippen LogP contribution in [-0.2, 0) is 27.2 Å². The van der Waals surface area contributed by atoms with Gasteiger partial charge >= 0.3 is 12.3 Å². The topological polar surface area (TPSA) is 92.7 Å². The Bertz CT molecular complexity index is 1160. The van der Waals surface area contributed by atoms with Crippen LogP contribution in [0.25, 0.3) is 0 Å². The lowest BCUT2D eigenvalue weighted by Crippen LogP contribution is -2.50. The molecular weight excluding hydrogens is 507 g/mol. The maximum atomic E-state index is 13.0. The van der Waals surface area contributed by atoms with Crippen LogP contribution in [0.3, 0.4) is 0 Å². The maximum Gasteiger partial charge on any atom is 0.416 e. The molecule has 1 amide bonds. The summed E-state index contributed by atoms with van der Waals surface area (Å²) in [6.07, 6.45) is -4.05. The van der Waals surface area contributed by atoms with E-state index < -0.39 is 43.7 Å². The Kier molecular flexibility index (Phi) is 8.89. The SMILES string of the molecule is CC(CO)(CCCc1ccc(S(=O)(=O)c2cccc(C(F)(F)F)c2)cc1Cl)NC(=O)OC(C)(C)C. The minimum absolute atomic E-state index is 0.142. The first-order chi connectivity index (χ1) is 16.0. The molecule has 0 spiro atoms. The highest BCUT2D eigenvalue weighted by atomic mass is 35.5. The van der Waals surface area contributed by atoms with Gasteiger partial charge in [-0.1, -0.05) is 23.7 Å². The average molecular weight is 536 g/mol. The average Bonchev–Trinajstić information content (AvgIpc) is 2.72. The van der Waals surface area contributed by atoms with E-state index in [-0.39, 0.29) is 16.5 Å². The molecule has 2 aromatic rings. The number of alkyl halides is 3. The highest BCUT2D eigenvalue weighted by molar-refractivity contribution is 7.91. The Morgan fingerprint density at radius 1 is 1.06 bits per heavy atom. The number of alkyl carbamates (subject to hydrolysis) is 1. The Labute approximate surface area is 208 Å². The molecule has 0 aliphatic carbocycles.